The number of nitrogens with one attached hydrogen (secondary N) is 1. The Kier molecular flexibility index (Phi) is 8.37. The normalized spacial score (nSPS) is 20.1. The lowest BCUT2D eigenvalue weighted by atomic mass is 10.0. The summed E-state index contributed by atoms with van der Waals surface area (Å²) < 4.78 is 12.7. The molecule has 178 valence electrons. The van der Waals surface area contributed by atoms with E-state index in [0.29, 0.717) is 6.54 Å². The third-order valence-electron chi connectivity index (χ3n) is 5.71. The maximum atomic E-state index is 11.2. The molecule has 3 aromatic rings. The zero-order valence-electron chi connectivity index (χ0n) is 19.1. The summed E-state index contributed by atoms with van der Waals surface area (Å²) in [5.74, 6) is 0.686. The fourth-order valence-corrected chi connectivity index (χ4v) is 4.78. The molecule has 0 bridgehead atoms. The molecule has 3 unspecified atom stereocenters. The summed E-state index contributed by atoms with van der Waals surface area (Å²) in [5.41, 5.74) is 10.5. The Hall–Kier alpha value is -2.68. The minimum absolute atomic E-state index is 0.0181. The topological polar surface area (TPSA) is 93.8 Å². The number of hydrogen-bond donors (Lipinski definition) is 3. The first kappa shape index (κ1) is 24.4. The second-order valence-corrected chi connectivity index (χ2v) is 9.41. The first-order valence-electron chi connectivity index (χ1n) is 11.3. The lowest BCUT2D eigenvalue weighted by Crippen LogP contribution is -2.31. The van der Waals surface area contributed by atoms with Crippen LogP contribution in [0.4, 0.5) is 5.69 Å². The molecule has 6 nitrogen and oxygen atoms in total. The molecule has 4 rings (SSSR count). The van der Waals surface area contributed by atoms with Crippen molar-refractivity contribution in [2.45, 2.75) is 49.9 Å². The monoisotopic (exact) mass is 478 g/mol. The molecule has 1 saturated heterocycles. The molecule has 0 radical (unpaired) electrons. The van der Waals surface area contributed by atoms with Crippen molar-refractivity contribution in [1.29, 1.82) is 0 Å². The number of amides is 1. The van der Waals surface area contributed by atoms with Gasteiger partial charge in [-0.05, 0) is 41.0 Å². The molecule has 34 heavy (non-hydrogen) atoms. The van der Waals surface area contributed by atoms with Gasteiger partial charge in [0.05, 0.1) is 18.8 Å². The van der Waals surface area contributed by atoms with Crippen molar-refractivity contribution in [2.75, 3.05) is 11.1 Å². The van der Waals surface area contributed by atoms with Crippen LogP contribution in [0.15, 0.2) is 77.7 Å². The van der Waals surface area contributed by atoms with Gasteiger partial charge in [-0.2, -0.15) is 0 Å². The van der Waals surface area contributed by atoms with Gasteiger partial charge >= 0.3 is 0 Å². The van der Waals surface area contributed by atoms with E-state index >= 15 is 0 Å². The maximum absolute atomic E-state index is 11.2. The minimum Gasteiger partial charge on any atom is -0.392 e. The van der Waals surface area contributed by atoms with Crippen LogP contribution in [-0.4, -0.2) is 22.9 Å². The summed E-state index contributed by atoms with van der Waals surface area (Å²) in [5, 5.41) is 12.2. The van der Waals surface area contributed by atoms with E-state index in [2.05, 4.69) is 5.32 Å². The largest absolute Gasteiger partial charge is 0.392 e. The number of aliphatic hydroxyl groups excluding tert-OH is 1. The first-order chi connectivity index (χ1) is 16.5. The molecule has 1 heterocycles. The van der Waals surface area contributed by atoms with Crippen LogP contribution in [0, 0.1) is 0 Å². The Morgan fingerprint density at radius 2 is 1.62 bits per heavy atom. The van der Waals surface area contributed by atoms with E-state index in [1.54, 1.807) is 11.8 Å². The van der Waals surface area contributed by atoms with Gasteiger partial charge in [-0.15, -0.1) is 11.8 Å². The predicted molar refractivity (Wildman–Crippen MR) is 134 cm³/mol. The van der Waals surface area contributed by atoms with Gasteiger partial charge in [-0.1, -0.05) is 48.5 Å². The van der Waals surface area contributed by atoms with E-state index < -0.39 is 6.29 Å². The van der Waals surface area contributed by atoms with Crippen LogP contribution in [0.3, 0.4) is 0 Å². The van der Waals surface area contributed by atoms with Gasteiger partial charge in [0.25, 0.3) is 0 Å². The molecule has 0 spiro atoms. The number of benzene rings is 3. The lowest BCUT2D eigenvalue weighted by Gasteiger charge is -2.36. The van der Waals surface area contributed by atoms with Crippen LogP contribution >= 0.6 is 11.8 Å². The minimum atomic E-state index is -0.476. The Balaban J connectivity index is 1.48. The highest BCUT2D eigenvalue weighted by Gasteiger charge is 2.32. The van der Waals surface area contributed by atoms with Crippen molar-refractivity contribution in [3.8, 4) is 0 Å². The van der Waals surface area contributed by atoms with Crippen molar-refractivity contribution >= 4 is 23.4 Å². The van der Waals surface area contributed by atoms with Gasteiger partial charge in [0, 0.05) is 41.8 Å². The smallest absolute Gasteiger partial charge is 0.221 e. The molecule has 1 aliphatic rings. The number of hydrogen-bond acceptors (Lipinski definition) is 6. The van der Waals surface area contributed by atoms with E-state index in [-0.39, 0.29) is 24.7 Å². The Labute approximate surface area is 204 Å². The number of nitrogens with two attached hydrogens (primary N) is 1. The van der Waals surface area contributed by atoms with Crippen LogP contribution in [0.5, 0.6) is 0 Å². The second kappa shape index (κ2) is 11.6. The molecule has 3 aromatic carbocycles. The van der Waals surface area contributed by atoms with Crippen LogP contribution in [0.25, 0.3) is 0 Å². The highest BCUT2D eigenvalue weighted by Crippen LogP contribution is 2.39. The summed E-state index contributed by atoms with van der Waals surface area (Å²) >= 11 is 1.72. The number of ether oxygens (including phenoxy) is 2. The maximum Gasteiger partial charge on any atom is 0.221 e. The van der Waals surface area contributed by atoms with Crippen molar-refractivity contribution in [3.63, 3.8) is 0 Å². The number of thioether (sulfide) groups is 1. The summed E-state index contributed by atoms with van der Waals surface area (Å²) in [6, 6.07) is 23.7. The van der Waals surface area contributed by atoms with E-state index in [1.165, 1.54) is 6.92 Å². The third-order valence-corrected chi connectivity index (χ3v) is 6.86. The van der Waals surface area contributed by atoms with Crippen molar-refractivity contribution in [3.05, 3.63) is 95.1 Å². The molecule has 1 aliphatic heterocycles. The summed E-state index contributed by atoms with van der Waals surface area (Å²) in [4.78, 5) is 12.3. The quantitative estimate of drug-likeness (QED) is 0.397. The molecule has 0 saturated carbocycles. The molecule has 4 N–H and O–H groups in total. The van der Waals surface area contributed by atoms with E-state index in [0.717, 1.165) is 45.0 Å². The van der Waals surface area contributed by atoms with Crippen molar-refractivity contribution in [1.82, 2.24) is 0 Å². The Bertz CT molecular complexity index is 1020. The number of anilines is 1. The average Bonchev–Trinajstić information content (AvgIpc) is 2.88. The fraction of sp³-hybridized carbons (Fsp3) is 0.296. The molecular formula is C27H30N2O4S. The van der Waals surface area contributed by atoms with Crippen molar-refractivity contribution in [2.24, 2.45) is 5.73 Å². The number of carbonyl (C=O) groups is 1. The third kappa shape index (κ3) is 6.46. The van der Waals surface area contributed by atoms with Crippen LogP contribution in [0.1, 0.15) is 48.0 Å². The first-order valence-corrected chi connectivity index (χ1v) is 12.3. The van der Waals surface area contributed by atoms with E-state index in [9.17, 15) is 9.90 Å². The lowest BCUT2D eigenvalue weighted by molar-refractivity contribution is -0.245. The van der Waals surface area contributed by atoms with Crippen LogP contribution < -0.4 is 11.1 Å². The van der Waals surface area contributed by atoms with E-state index in [1.807, 2.05) is 72.8 Å². The van der Waals surface area contributed by atoms with E-state index in [4.69, 9.17) is 15.2 Å². The number of rotatable bonds is 8. The molecule has 1 amide bonds. The van der Waals surface area contributed by atoms with Gasteiger partial charge in [0.2, 0.25) is 5.91 Å². The summed E-state index contributed by atoms with van der Waals surface area (Å²) in [6.07, 6.45) is 0.118. The average molecular weight is 479 g/mol. The highest BCUT2D eigenvalue weighted by molar-refractivity contribution is 7.99. The molecule has 7 heteroatoms. The Morgan fingerprint density at radius 1 is 0.971 bits per heavy atom. The predicted octanol–water partition coefficient (Wildman–Crippen LogP) is 4.93. The summed E-state index contributed by atoms with van der Waals surface area (Å²) in [6.45, 7) is 2.01. The summed E-state index contributed by atoms with van der Waals surface area (Å²) in [7, 11) is 0. The highest BCUT2D eigenvalue weighted by atomic mass is 32.2. The van der Waals surface area contributed by atoms with Gasteiger partial charge in [-0.25, -0.2) is 0 Å². The zero-order valence-corrected chi connectivity index (χ0v) is 20.0. The van der Waals surface area contributed by atoms with Crippen LogP contribution in [-0.2, 0) is 27.4 Å². The van der Waals surface area contributed by atoms with Crippen LogP contribution in [0.2, 0.25) is 0 Å². The van der Waals surface area contributed by atoms with Gasteiger partial charge < -0.3 is 25.6 Å². The molecule has 0 aliphatic carbocycles. The molecular weight excluding hydrogens is 448 g/mol. The molecule has 3 atom stereocenters. The van der Waals surface area contributed by atoms with Gasteiger partial charge in [-0.3, -0.25) is 4.79 Å². The van der Waals surface area contributed by atoms with Gasteiger partial charge in [0.1, 0.15) is 0 Å². The molecule has 0 aromatic heterocycles. The number of carbonyl (C=O) groups excluding carboxylic acids is 1. The molecule has 1 fully saturated rings. The second-order valence-electron chi connectivity index (χ2n) is 8.31. The zero-order chi connectivity index (χ0) is 23.9. The SMILES string of the molecule is CC(=O)Nc1ccc(SCC2CC(c3ccc(CO)cc3)OC(c3ccc(CN)cc3)O2)cc1. The standard InChI is InChI=1S/C27H30N2O4S/c1-18(31)29-23-10-12-25(13-11-23)34-17-24-14-26(21-6-4-20(16-30)5-7-21)33-27(32-24)22-8-2-19(15-28)3-9-22/h2-13,24,26-27,30H,14-17,28H2,1H3,(H,29,31). The fourth-order valence-electron chi connectivity index (χ4n) is 3.86. The number of aliphatic hydroxyl groups is 1. The van der Waals surface area contributed by atoms with Gasteiger partial charge in [0.15, 0.2) is 6.29 Å². The van der Waals surface area contributed by atoms with Crippen molar-refractivity contribution < 1.29 is 19.4 Å². The Morgan fingerprint density at radius 3 is 2.24 bits per heavy atom.